The molecular formula is C25H22N4O8. The first kappa shape index (κ1) is 23.0. The Morgan fingerprint density at radius 2 is 1.54 bits per heavy atom. The van der Waals surface area contributed by atoms with E-state index in [9.17, 15) is 33.9 Å². The van der Waals surface area contributed by atoms with Gasteiger partial charge in [0.2, 0.25) is 23.6 Å². The normalized spacial score (nSPS) is 32.1. The number of phenols is 1. The predicted octanol–water partition coefficient (Wildman–Crippen LogP) is 0.537. The first-order valence-corrected chi connectivity index (χ1v) is 11.8. The fourth-order valence-electron chi connectivity index (χ4n) is 6.85. The van der Waals surface area contributed by atoms with Crippen LogP contribution in [0, 0.1) is 35.5 Å². The maximum atomic E-state index is 13.4. The van der Waals surface area contributed by atoms with E-state index in [2.05, 4.69) is 0 Å². The Morgan fingerprint density at radius 3 is 2.22 bits per heavy atom. The van der Waals surface area contributed by atoms with Gasteiger partial charge < -0.3 is 21.3 Å². The van der Waals surface area contributed by atoms with E-state index in [-0.39, 0.29) is 25.0 Å². The van der Waals surface area contributed by atoms with Crippen LogP contribution in [0.2, 0.25) is 0 Å². The molecule has 0 aromatic heterocycles. The molecule has 0 bridgehead atoms. The minimum Gasteiger partial charge on any atom is -0.508 e. The van der Waals surface area contributed by atoms with Crippen molar-refractivity contribution in [3.8, 4) is 11.5 Å². The molecule has 1 aromatic carbocycles. The number of primary amides is 2. The van der Waals surface area contributed by atoms with Crippen LogP contribution < -0.4 is 16.2 Å². The van der Waals surface area contributed by atoms with Gasteiger partial charge in [0.25, 0.3) is 0 Å². The number of imide groups is 6. The van der Waals surface area contributed by atoms with Gasteiger partial charge in [0.15, 0.2) is 0 Å². The summed E-state index contributed by atoms with van der Waals surface area (Å²) in [6.45, 7) is 0. The van der Waals surface area contributed by atoms with Gasteiger partial charge in [0.1, 0.15) is 11.5 Å². The standard InChI is InChI=1S/C25H22N4O8/c26-24(35)28-20(31)13-3-2-12-14(18(13)22(28)33)7-15-19(23(34)29(21(15)32)25(27)36)17(12)10-5-9-6-11(30)1-4-16(9)37-8-10/h1-2,4,6,8,13-15,17-19,30H,3,5,7H2,(H2,26,35)(H2,27,36)/t13-,14+,15+,17-,18-,19+/m0/s1. The van der Waals surface area contributed by atoms with E-state index in [4.69, 9.17) is 16.2 Å². The molecule has 5 N–H and O–H groups in total. The van der Waals surface area contributed by atoms with Gasteiger partial charge in [-0.25, -0.2) is 9.59 Å². The summed E-state index contributed by atoms with van der Waals surface area (Å²) in [5, 5.41) is 9.97. The number of rotatable bonds is 1. The lowest BCUT2D eigenvalue weighted by Crippen LogP contribution is -2.45. The summed E-state index contributed by atoms with van der Waals surface area (Å²) in [6.07, 6.45) is 3.71. The van der Waals surface area contributed by atoms with Crippen LogP contribution in [0.4, 0.5) is 9.59 Å². The van der Waals surface area contributed by atoms with E-state index in [1.165, 1.54) is 18.4 Å². The molecule has 12 nitrogen and oxygen atoms in total. The molecule has 8 amide bonds. The van der Waals surface area contributed by atoms with Crippen LogP contribution in [0.25, 0.3) is 0 Å². The van der Waals surface area contributed by atoms with Gasteiger partial charge in [-0.1, -0.05) is 11.6 Å². The minimum absolute atomic E-state index is 0.0244. The number of hydrogen-bond donors (Lipinski definition) is 3. The average molecular weight is 506 g/mol. The number of nitrogens with zero attached hydrogens (tertiary/aromatic N) is 2. The van der Waals surface area contributed by atoms with Crippen molar-refractivity contribution in [3.63, 3.8) is 0 Å². The van der Waals surface area contributed by atoms with E-state index >= 15 is 0 Å². The first-order valence-electron chi connectivity index (χ1n) is 11.8. The molecule has 0 unspecified atom stereocenters. The predicted molar refractivity (Wildman–Crippen MR) is 122 cm³/mol. The molecule has 1 saturated carbocycles. The molecule has 0 spiro atoms. The van der Waals surface area contributed by atoms with Crippen LogP contribution in [0.1, 0.15) is 18.4 Å². The lowest BCUT2D eigenvalue weighted by Gasteiger charge is -2.44. The Kier molecular flexibility index (Phi) is 4.81. The molecule has 1 aromatic rings. The zero-order chi connectivity index (χ0) is 26.3. The van der Waals surface area contributed by atoms with Crippen LogP contribution in [-0.2, 0) is 25.6 Å². The number of urea groups is 2. The zero-order valence-electron chi connectivity index (χ0n) is 19.3. The number of aromatic hydroxyl groups is 1. The molecule has 2 aliphatic carbocycles. The van der Waals surface area contributed by atoms with Gasteiger partial charge in [-0.05, 0) is 42.5 Å². The number of allylic oxidation sites excluding steroid dienone is 3. The number of nitrogens with two attached hydrogens (primary N) is 2. The van der Waals surface area contributed by atoms with Crippen LogP contribution in [0.5, 0.6) is 11.5 Å². The van der Waals surface area contributed by atoms with E-state index < -0.39 is 71.2 Å². The maximum absolute atomic E-state index is 13.4. The monoisotopic (exact) mass is 506 g/mol. The largest absolute Gasteiger partial charge is 0.508 e. The van der Waals surface area contributed by atoms with Crippen molar-refractivity contribution < 1.29 is 38.6 Å². The highest BCUT2D eigenvalue weighted by molar-refractivity contribution is 6.18. The number of carbonyl (C=O) groups excluding carboxylic acids is 6. The summed E-state index contributed by atoms with van der Waals surface area (Å²) < 4.78 is 5.79. The second-order valence-electron chi connectivity index (χ2n) is 10.0. The number of amides is 8. The molecule has 5 aliphatic rings. The van der Waals surface area contributed by atoms with E-state index in [1.54, 1.807) is 12.1 Å². The molecule has 12 heteroatoms. The van der Waals surface area contributed by atoms with Crippen molar-refractivity contribution in [2.75, 3.05) is 0 Å². The number of carbonyl (C=O) groups is 6. The number of ether oxygens (including phenoxy) is 1. The average Bonchev–Trinajstić information content (AvgIpc) is 3.26. The van der Waals surface area contributed by atoms with Crippen LogP contribution in [0.3, 0.4) is 0 Å². The molecule has 2 saturated heterocycles. The second kappa shape index (κ2) is 7.76. The van der Waals surface area contributed by atoms with Gasteiger partial charge in [-0.2, -0.15) is 9.80 Å². The lowest BCUT2D eigenvalue weighted by atomic mass is 9.56. The summed E-state index contributed by atoms with van der Waals surface area (Å²) in [4.78, 5) is 77.4. The van der Waals surface area contributed by atoms with Gasteiger partial charge in [-0.3, -0.25) is 19.2 Å². The first-order chi connectivity index (χ1) is 17.6. The summed E-state index contributed by atoms with van der Waals surface area (Å²) in [7, 11) is 0. The summed E-state index contributed by atoms with van der Waals surface area (Å²) in [5.74, 6) is -7.44. The number of phenolic OH excluding ortho intramolecular Hbond substituents is 1. The Hall–Kier alpha value is -4.48. The molecule has 0 radical (unpaired) electrons. The van der Waals surface area contributed by atoms with Crippen molar-refractivity contribution in [2.24, 2.45) is 47.0 Å². The Morgan fingerprint density at radius 1 is 0.892 bits per heavy atom. The van der Waals surface area contributed by atoms with Gasteiger partial charge in [-0.15, -0.1) is 0 Å². The van der Waals surface area contributed by atoms with E-state index in [0.29, 0.717) is 32.3 Å². The SMILES string of the molecule is NC(=O)N1C(=O)[C@H]2[C@H](CC=C3[C@H](C4=COc5ccc(O)cc5C4)[C@@H]4C(=O)N(C(N)=O)C(=O)[C@@H]4C[C@H]32)C1=O. The fourth-order valence-corrected chi connectivity index (χ4v) is 6.85. The smallest absolute Gasteiger partial charge is 0.328 e. The van der Waals surface area contributed by atoms with Crippen molar-refractivity contribution in [3.05, 3.63) is 47.2 Å². The number of hydrogen-bond acceptors (Lipinski definition) is 8. The second-order valence-corrected chi connectivity index (χ2v) is 10.0. The van der Waals surface area contributed by atoms with E-state index in [1.807, 2.05) is 0 Å². The van der Waals surface area contributed by atoms with Crippen LogP contribution in [-0.4, -0.2) is 50.6 Å². The van der Waals surface area contributed by atoms with Gasteiger partial charge in [0.05, 0.1) is 29.9 Å². The Bertz CT molecular complexity index is 1400. The third-order valence-electron chi connectivity index (χ3n) is 8.26. The van der Waals surface area contributed by atoms with Crippen LogP contribution in [0.15, 0.2) is 41.7 Å². The molecule has 3 fully saturated rings. The summed E-state index contributed by atoms with van der Waals surface area (Å²) in [6, 6.07) is 2.27. The topological polar surface area (TPSA) is 190 Å². The number of fused-ring (bicyclic) bond motifs is 5. The van der Waals surface area contributed by atoms with Gasteiger partial charge in [0, 0.05) is 17.9 Å². The molecule has 3 heterocycles. The zero-order valence-corrected chi connectivity index (χ0v) is 19.3. The summed E-state index contributed by atoms with van der Waals surface area (Å²) >= 11 is 0. The molecule has 6 atom stereocenters. The molecular weight excluding hydrogens is 484 g/mol. The quantitative estimate of drug-likeness (QED) is 0.363. The third-order valence-corrected chi connectivity index (χ3v) is 8.26. The Labute approximate surface area is 209 Å². The van der Waals surface area contributed by atoms with Crippen molar-refractivity contribution in [1.82, 2.24) is 9.80 Å². The van der Waals surface area contributed by atoms with Crippen molar-refractivity contribution >= 4 is 35.7 Å². The fraction of sp³-hybridized carbons (Fsp3) is 0.360. The highest BCUT2D eigenvalue weighted by Gasteiger charge is 2.63. The molecule has 6 rings (SSSR count). The number of likely N-dealkylation sites (tertiary alicyclic amines) is 2. The van der Waals surface area contributed by atoms with Gasteiger partial charge >= 0.3 is 12.1 Å². The third kappa shape index (κ3) is 3.07. The molecule has 37 heavy (non-hydrogen) atoms. The molecule has 190 valence electrons. The highest BCUT2D eigenvalue weighted by atomic mass is 16.5. The summed E-state index contributed by atoms with van der Waals surface area (Å²) in [5.41, 5.74) is 12.6. The van der Waals surface area contributed by atoms with E-state index in [0.717, 1.165) is 0 Å². The van der Waals surface area contributed by atoms with Crippen LogP contribution >= 0.6 is 0 Å². The lowest BCUT2D eigenvalue weighted by molar-refractivity contribution is -0.138. The number of benzene rings is 1. The minimum atomic E-state index is -1.19. The Balaban J connectivity index is 1.46. The highest BCUT2D eigenvalue weighted by Crippen LogP contribution is 2.57. The molecule has 3 aliphatic heterocycles. The van der Waals surface area contributed by atoms with Crippen molar-refractivity contribution in [1.29, 1.82) is 0 Å². The van der Waals surface area contributed by atoms with Crippen molar-refractivity contribution in [2.45, 2.75) is 19.3 Å². The maximum Gasteiger partial charge on any atom is 0.328 e.